The molecule has 0 rings (SSSR count). The molecule has 0 saturated heterocycles. The lowest BCUT2D eigenvalue weighted by Gasteiger charge is -2.17. The van der Waals surface area contributed by atoms with E-state index in [0.717, 1.165) is 0 Å². The fourth-order valence-electron chi connectivity index (χ4n) is 0.184. The van der Waals surface area contributed by atoms with Crippen molar-refractivity contribution in [3.8, 4) is 0 Å². The Labute approximate surface area is 74.2 Å². The minimum atomic E-state index is -5.18. The van der Waals surface area contributed by atoms with Gasteiger partial charge in [-0.15, -0.1) is 0 Å². The first kappa shape index (κ1) is 11.6. The van der Waals surface area contributed by atoms with E-state index in [1.165, 1.54) is 0 Å². The second-order valence-electron chi connectivity index (χ2n) is 1.42. The summed E-state index contributed by atoms with van der Waals surface area (Å²) in [5, 5.41) is 0. The third-order valence-corrected chi connectivity index (χ3v) is 0.762. The molecule has 0 aromatic rings. The Morgan fingerprint density at radius 2 is 1.45 bits per heavy atom. The van der Waals surface area contributed by atoms with Gasteiger partial charge >= 0.3 is 6.18 Å². The summed E-state index contributed by atoms with van der Waals surface area (Å²) in [6.07, 6.45) is -8.76. The number of ether oxygens (including phenoxy) is 1. The van der Waals surface area contributed by atoms with Crippen LogP contribution < -0.4 is 0 Å². The van der Waals surface area contributed by atoms with E-state index in [1.807, 2.05) is 0 Å². The van der Waals surface area contributed by atoms with E-state index in [4.69, 9.17) is 34.8 Å². The first-order valence-electron chi connectivity index (χ1n) is 2.08. The lowest BCUT2D eigenvalue weighted by atomic mass is 10.7. The minimum absolute atomic E-state index is 2.70. The van der Waals surface area contributed by atoms with Crippen LogP contribution in [0.3, 0.4) is 0 Å². The highest BCUT2D eigenvalue weighted by Crippen LogP contribution is 2.34. The Kier molecular flexibility index (Phi) is 3.69. The smallest absolute Gasteiger partial charge is 0.291 e. The van der Waals surface area contributed by atoms with Gasteiger partial charge in [0.05, 0.1) is 0 Å². The first-order valence-corrected chi connectivity index (χ1v) is 3.21. The molecule has 0 bridgehead atoms. The van der Waals surface area contributed by atoms with E-state index in [1.54, 1.807) is 0 Å². The van der Waals surface area contributed by atoms with Gasteiger partial charge < -0.3 is 0 Å². The molecule has 0 saturated carbocycles. The van der Waals surface area contributed by atoms with Crippen molar-refractivity contribution in [2.45, 2.75) is 16.5 Å². The molecule has 0 heterocycles. The average Bonchev–Trinajstić information content (AvgIpc) is 1.56. The zero-order valence-electron chi connectivity index (χ0n) is 4.63. The molecule has 0 radical (unpaired) electrons. The van der Waals surface area contributed by atoms with Crippen LogP contribution in [0.25, 0.3) is 0 Å². The van der Waals surface area contributed by atoms with Crippen molar-refractivity contribution >= 4 is 34.8 Å². The Balaban J connectivity index is 3.99. The zero-order valence-corrected chi connectivity index (χ0v) is 6.90. The van der Waals surface area contributed by atoms with Crippen molar-refractivity contribution in [2.75, 3.05) is 0 Å². The molecule has 0 aliphatic heterocycles. The highest BCUT2D eigenvalue weighted by Gasteiger charge is 2.45. The maximum absolute atomic E-state index is 11.8. The van der Waals surface area contributed by atoms with Crippen LogP contribution in [-0.2, 0) is 4.74 Å². The van der Waals surface area contributed by atoms with Crippen molar-refractivity contribution in [1.29, 1.82) is 0 Å². The zero-order chi connectivity index (χ0) is 9.28. The Morgan fingerprint density at radius 3 is 1.55 bits per heavy atom. The van der Waals surface area contributed by atoms with E-state index in [9.17, 15) is 17.6 Å². The molecule has 0 aromatic carbocycles. The van der Waals surface area contributed by atoms with Crippen molar-refractivity contribution in [2.24, 2.45) is 0 Å². The quantitative estimate of drug-likeness (QED) is 0.501. The van der Waals surface area contributed by atoms with Crippen LogP contribution in [0.1, 0.15) is 0 Å². The van der Waals surface area contributed by atoms with Gasteiger partial charge in [0.25, 0.3) is 10.3 Å². The summed E-state index contributed by atoms with van der Waals surface area (Å²) in [4.78, 5) is 0. The summed E-state index contributed by atoms with van der Waals surface area (Å²) in [6, 6.07) is 0. The summed E-state index contributed by atoms with van der Waals surface area (Å²) in [6.45, 7) is 0. The molecule has 0 N–H and O–H groups in total. The molecule has 0 amide bonds. The number of rotatable bonds is 1. The highest BCUT2D eigenvalue weighted by atomic mass is 35.6. The van der Waals surface area contributed by atoms with Crippen LogP contribution >= 0.6 is 34.8 Å². The molecular weight excluding hydrogens is 234 g/mol. The van der Waals surface area contributed by atoms with E-state index in [-0.39, 0.29) is 0 Å². The highest BCUT2D eigenvalue weighted by molar-refractivity contribution is 6.66. The molecule has 1 nitrogen and oxygen atoms in total. The van der Waals surface area contributed by atoms with E-state index in [0.29, 0.717) is 0 Å². The fraction of sp³-hybridized carbons (Fsp3) is 1.00. The molecule has 1 atom stereocenters. The monoisotopic (exact) mass is 234 g/mol. The van der Waals surface area contributed by atoms with E-state index >= 15 is 0 Å². The molecule has 0 aromatic heterocycles. The summed E-state index contributed by atoms with van der Waals surface area (Å²) >= 11 is 14.1. The normalized spacial score (nSPS) is 16.6. The maximum Gasteiger partial charge on any atom is 0.445 e. The first-order chi connectivity index (χ1) is 4.63. The Bertz CT molecular complexity index is 130. The van der Waals surface area contributed by atoms with Gasteiger partial charge in [0.15, 0.2) is 0 Å². The molecule has 0 aliphatic carbocycles. The van der Waals surface area contributed by atoms with Gasteiger partial charge in [0, 0.05) is 0 Å². The summed E-state index contributed by atoms with van der Waals surface area (Å²) in [5.41, 5.74) is 0. The molecular formula is C3HCl3F4O. The number of hydrogen-bond acceptors (Lipinski definition) is 1. The predicted octanol–water partition coefficient (Wildman–Crippen LogP) is 3.19. The number of alkyl halides is 7. The van der Waals surface area contributed by atoms with Crippen LogP contribution in [0.5, 0.6) is 0 Å². The van der Waals surface area contributed by atoms with Crippen LogP contribution in [0.2, 0.25) is 0 Å². The Hall–Kier alpha value is 0.550. The molecule has 0 spiro atoms. The van der Waals surface area contributed by atoms with Gasteiger partial charge in [0.1, 0.15) is 0 Å². The van der Waals surface area contributed by atoms with Crippen LogP contribution in [0.4, 0.5) is 17.6 Å². The predicted molar refractivity (Wildman–Crippen MR) is 32.3 cm³/mol. The van der Waals surface area contributed by atoms with Crippen molar-refractivity contribution in [3.63, 3.8) is 0 Å². The largest absolute Gasteiger partial charge is 0.445 e. The summed E-state index contributed by atoms with van der Waals surface area (Å²) in [5.74, 6) is 0. The van der Waals surface area contributed by atoms with Gasteiger partial charge in [0.2, 0.25) is 0 Å². The second-order valence-corrected chi connectivity index (χ2v) is 3.60. The number of halogens is 7. The van der Waals surface area contributed by atoms with E-state index < -0.39 is 16.5 Å². The van der Waals surface area contributed by atoms with Crippen molar-refractivity contribution in [1.82, 2.24) is 0 Å². The summed E-state index contributed by atoms with van der Waals surface area (Å²) < 4.78 is 46.3. The molecule has 11 heavy (non-hydrogen) atoms. The fourth-order valence-corrected chi connectivity index (χ4v) is 0.419. The van der Waals surface area contributed by atoms with E-state index in [2.05, 4.69) is 4.74 Å². The summed E-state index contributed by atoms with van der Waals surface area (Å²) in [7, 11) is 0. The standard InChI is InChI=1S/C3HCl3F4O/c4-3(5,6)11-1(7)2(8,9)10/h1H. The van der Waals surface area contributed by atoms with Crippen molar-refractivity contribution < 1.29 is 22.3 Å². The molecule has 0 aliphatic rings. The Morgan fingerprint density at radius 1 is 1.09 bits per heavy atom. The SMILES string of the molecule is FC(OC(Cl)(Cl)Cl)C(F)(F)F. The number of hydrogen-bond donors (Lipinski definition) is 0. The van der Waals surface area contributed by atoms with Gasteiger partial charge in [-0.2, -0.15) is 13.2 Å². The lowest BCUT2D eigenvalue weighted by molar-refractivity contribution is -0.266. The topological polar surface area (TPSA) is 9.23 Å². The van der Waals surface area contributed by atoms with Gasteiger partial charge in [-0.1, -0.05) is 34.8 Å². The third-order valence-electron chi connectivity index (χ3n) is 0.494. The second kappa shape index (κ2) is 3.51. The van der Waals surface area contributed by atoms with Gasteiger partial charge in [-0.25, -0.2) is 4.39 Å². The van der Waals surface area contributed by atoms with Gasteiger partial charge in [-0.05, 0) is 0 Å². The lowest BCUT2D eigenvalue weighted by Crippen LogP contribution is -2.31. The average molecular weight is 235 g/mol. The molecule has 1 unspecified atom stereocenters. The molecule has 0 fully saturated rings. The minimum Gasteiger partial charge on any atom is -0.291 e. The van der Waals surface area contributed by atoms with Crippen LogP contribution in [0.15, 0.2) is 0 Å². The maximum atomic E-state index is 11.8. The van der Waals surface area contributed by atoms with Crippen LogP contribution in [-0.4, -0.2) is 16.5 Å². The van der Waals surface area contributed by atoms with Crippen molar-refractivity contribution in [3.05, 3.63) is 0 Å². The third kappa shape index (κ3) is 5.78. The molecule has 8 heteroatoms. The van der Waals surface area contributed by atoms with Crippen LogP contribution in [0, 0.1) is 0 Å². The molecule has 68 valence electrons. The van der Waals surface area contributed by atoms with Gasteiger partial charge in [-0.3, -0.25) is 4.74 Å².